The highest BCUT2D eigenvalue weighted by atomic mass is 16.5. The van der Waals surface area contributed by atoms with Gasteiger partial charge in [-0.3, -0.25) is 4.79 Å². The number of para-hydroxylation sites is 1. The molecule has 1 heterocycles. The number of nitrogens with zero attached hydrogens (tertiary/aromatic N) is 2. The van der Waals surface area contributed by atoms with Crippen LogP contribution in [0, 0.1) is 6.92 Å². The summed E-state index contributed by atoms with van der Waals surface area (Å²) in [6, 6.07) is 7.45. The first-order valence-corrected chi connectivity index (χ1v) is 9.03. The molecule has 0 bridgehead atoms. The summed E-state index contributed by atoms with van der Waals surface area (Å²) in [5.41, 5.74) is 1.40. The SMILES string of the molecule is CC[C@H](OC1CCCCC1)C(=O)Nc1ccccc1-c1noc(C)n1. The maximum atomic E-state index is 12.7. The van der Waals surface area contributed by atoms with Crippen LogP contribution in [0.15, 0.2) is 28.8 Å². The molecule has 1 aromatic heterocycles. The number of carbonyl (C=O) groups is 1. The van der Waals surface area contributed by atoms with E-state index in [1.54, 1.807) is 6.92 Å². The number of ether oxygens (including phenoxy) is 1. The van der Waals surface area contributed by atoms with Crippen molar-refractivity contribution in [1.82, 2.24) is 10.1 Å². The maximum Gasteiger partial charge on any atom is 0.253 e. The topological polar surface area (TPSA) is 77.2 Å². The second-order valence-corrected chi connectivity index (χ2v) is 6.46. The van der Waals surface area contributed by atoms with E-state index in [1.165, 1.54) is 19.3 Å². The highest BCUT2D eigenvalue weighted by Crippen LogP contribution is 2.27. The fourth-order valence-corrected chi connectivity index (χ4v) is 3.19. The minimum absolute atomic E-state index is 0.124. The van der Waals surface area contributed by atoms with Crippen LogP contribution in [0.1, 0.15) is 51.3 Å². The molecule has 1 aromatic carbocycles. The first-order chi connectivity index (χ1) is 12.2. The van der Waals surface area contributed by atoms with E-state index in [9.17, 15) is 4.79 Å². The van der Waals surface area contributed by atoms with Crippen LogP contribution in [0.3, 0.4) is 0 Å². The summed E-state index contributed by atoms with van der Waals surface area (Å²) in [5.74, 6) is 0.832. The fourth-order valence-electron chi connectivity index (χ4n) is 3.19. The number of amides is 1. The average molecular weight is 343 g/mol. The van der Waals surface area contributed by atoms with Gasteiger partial charge >= 0.3 is 0 Å². The molecular weight excluding hydrogens is 318 g/mol. The lowest BCUT2D eigenvalue weighted by molar-refractivity contribution is -0.132. The lowest BCUT2D eigenvalue weighted by atomic mass is 9.97. The predicted molar refractivity (Wildman–Crippen MR) is 95.1 cm³/mol. The summed E-state index contributed by atoms with van der Waals surface area (Å²) in [4.78, 5) is 17.0. The Bertz CT molecular complexity index is 707. The molecular formula is C19H25N3O3. The van der Waals surface area contributed by atoms with E-state index in [0.29, 0.717) is 23.8 Å². The number of nitrogens with one attached hydrogen (secondary N) is 1. The Kier molecular flexibility index (Phi) is 5.81. The van der Waals surface area contributed by atoms with Gasteiger partial charge in [-0.25, -0.2) is 0 Å². The Morgan fingerprint density at radius 1 is 1.32 bits per heavy atom. The van der Waals surface area contributed by atoms with E-state index in [0.717, 1.165) is 18.4 Å². The van der Waals surface area contributed by atoms with Gasteiger partial charge in [0.2, 0.25) is 11.7 Å². The van der Waals surface area contributed by atoms with Crippen molar-refractivity contribution in [2.24, 2.45) is 0 Å². The van der Waals surface area contributed by atoms with E-state index in [4.69, 9.17) is 9.26 Å². The third-order valence-corrected chi connectivity index (χ3v) is 4.53. The molecule has 0 saturated heterocycles. The molecule has 3 rings (SSSR count). The summed E-state index contributed by atoms with van der Waals surface area (Å²) in [6.45, 7) is 3.71. The van der Waals surface area contributed by atoms with Crippen molar-refractivity contribution < 1.29 is 14.1 Å². The van der Waals surface area contributed by atoms with Gasteiger partial charge < -0.3 is 14.6 Å². The van der Waals surface area contributed by atoms with E-state index < -0.39 is 6.10 Å². The Morgan fingerprint density at radius 3 is 2.76 bits per heavy atom. The molecule has 0 aliphatic heterocycles. The van der Waals surface area contributed by atoms with Crippen LogP contribution in [0.2, 0.25) is 0 Å². The van der Waals surface area contributed by atoms with Crippen LogP contribution in [0.4, 0.5) is 5.69 Å². The number of rotatable bonds is 6. The second-order valence-electron chi connectivity index (χ2n) is 6.46. The van der Waals surface area contributed by atoms with Crippen LogP contribution in [0.5, 0.6) is 0 Å². The third kappa shape index (κ3) is 4.45. The Morgan fingerprint density at radius 2 is 2.08 bits per heavy atom. The number of anilines is 1. The van der Waals surface area contributed by atoms with Crippen LogP contribution in [0.25, 0.3) is 11.4 Å². The molecule has 6 nitrogen and oxygen atoms in total. The highest BCUT2D eigenvalue weighted by Gasteiger charge is 2.24. The highest BCUT2D eigenvalue weighted by molar-refractivity contribution is 5.97. The minimum atomic E-state index is -0.442. The van der Waals surface area contributed by atoms with Gasteiger partial charge in [0.15, 0.2) is 0 Å². The molecule has 1 saturated carbocycles. The predicted octanol–water partition coefficient (Wildman–Crippen LogP) is 4.11. The maximum absolute atomic E-state index is 12.7. The van der Waals surface area contributed by atoms with Crippen molar-refractivity contribution in [2.45, 2.75) is 64.6 Å². The van der Waals surface area contributed by atoms with Gasteiger partial charge in [-0.2, -0.15) is 4.98 Å². The molecule has 1 aliphatic rings. The van der Waals surface area contributed by atoms with Crippen LogP contribution in [-0.4, -0.2) is 28.3 Å². The number of carbonyl (C=O) groups excluding carboxylic acids is 1. The van der Waals surface area contributed by atoms with Crippen molar-refractivity contribution in [2.75, 3.05) is 5.32 Å². The summed E-state index contributed by atoms with van der Waals surface area (Å²) < 4.78 is 11.1. The summed E-state index contributed by atoms with van der Waals surface area (Å²) >= 11 is 0. The molecule has 1 amide bonds. The molecule has 1 aliphatic carbocycles. The van der Waals surface area contributed by atoms with E-state index in [-0.39, 0.29) is 12.0 Å². The fraction of sp³-hybridized carbons (Fsp3) is 0.526. The second kappa shape index (κ2) is 8.25. The number of benzene rings is 1. The smallest absolute Gasteiger partial charge is 0.253 e. The van der Waals surface area contributed by atoms with Crippen LogP contribution in [-0.2, 0) is 9.53 Å². The average Bonchev–Trinajstić information content (AvgIpc) is 3.07. The van der Waals surface area contributed by atoms with E-state index >= 15 is 0 Å². The van der Waals surface area contributed by atoms with Gasteiger partial charge in [0, 0.05) is 12.5 Å². The molecule has 134 valence electrons. The van der Waals surface area contributed by atoms with Crippen molar-refractivity contribution in [3.8, 4) is 11.4 Å². The van der Waals surface area contributed by atoms with E-state index in [2.05, 4.69) is 15.5 Å². The Hall–Kier alpha value is -2.21. The summed E-state index contributed by atoms with van der Waals surface area (Å²) in [6.07, 6.45) is 6.12. The van der Waals surface area contributed by atoms with Gasteiger partial charge in [0.05, 0.1) is 11.8 Å². The summed E-state index contributed by atoms with van der Waals surface area (Å²) in [5, 5.41) is 6.92. The molecule has 25 heavy (non-hydrogen) atoms. The van der Waals surface area contributed by atoms with Crippen molar-refractivity contribution in [1.29, 1.82) is 0 Å². The van der Waals surface area contributed by atoms with Crippen molar-refractivity contribution in [3.05, 3.63) is 30.2 Å². The molecule has 6 heteroatoms. The third-order valence-electron chi connectivity index (χ3n) is 4.53. The standard InChI is InChI=1S/C19H25N3O3/c1-3-17(24-14-9-5-4-6-10-14)19(23)21-16-12-8-7-11-15(16)18-20-13(2)25-22-18/h7-8,11-12,14,17H,3-6,9-10H2,1-2H3,(H,21,23)/t17-/m0/s1. The lowest BCUT2D eigenvalue weighted by Gasteiger charge is -2.26. The zero-order valence-corrected chi connectivity index (χ0v) is 14.8. The molecule has 1 fully saturated rings. The summed E-state index contributed by atoms with van der Waals surface area (Å²) in [7, 11) is 0. The first-order valence-electron chi connectivity index (χ1n) is 9.03. The van der Waals surface area contributed by atoms with E-state index in [1.807, 2.05) is 31.2 Å². The van der Waals surface area contributed by atoms with Crippen LogP contribution < -0.4 is 5.32 Å². The molecule has 0 unspecified atom stereocenters. The molecule has 0 radical (unpaired) electrons. The van der Waals surface area contributed by atoms with Crippen molar-refractivity contribution >= 4 is 11.6 Å². The number of aryl methyl sites for hydroxylation is 1. The zero-order valence-electron chi connectivity index (χ0n) is 14.8. The van der Waals surface area contributed by atoms with Gasteiger partial charge in [-0.05, 0) is 31.4 Å². The zero-order chi connectivity index (χ0) is 17.6. The Balaban J connectivity index is 1.71. The first kappa shape index (κ1) is 17.6. The lowest BCUT2D eigenvalue weighted by Crippen LogP contribution is -2.34. The largest absolute Gasteiger partial charge is 0.365 e. The quantitative estimate of drug-likeness (QED) is 0.854. The van der Waals surface area contributed by atoms with Crippen LogP contribution >= 0.6 is 0 Å². The number of hydrogen-bond donors (Lipinski definition) is 1. The molecule has 1 atom stereocenters. The van der Waals surface area contributed by atoms with Gasteiger partial charge in [0.25, 0.3) is 5.91 Å². The molecule has 2 aromatic rings. The monoisotopic (exact) mass is 343 g/mol. The molecule has 1 N–H and O–H groups in total. The minimum Gasteiger partial charge on any atom is -0.365 e. The Labute approximate surface area is 148 Å². The number of aromatic nitrogens is 2. The number of hydrogen-bond acceptors (Lipinski definition) is 5. The normalized spacial score (nSPS) is 16.6. The van der Waals surface area contributed by atoms with Gasteiger partial charge in [-0.15, -0.1) is 0 Å². The van der Waals surface area contributed by atoms with Crippen molar-refractivity contribution in [3.63, 3.8) is 0 Å². The van der Waals surface area contributed by atoms with Gasteiger partial charge in [-0.1, -0.05) is 43.5 Å². The molecule has 0 spiro atoms. The van der Waals surface area contributed by atoms with Gasteiger partial charge in [0.1, 0.15) is 6.10 Å².